The lowest BCUT2D eigenvalue weighted by molar-refractivity contribution is -0.150. The highest BCUT2D eigenvalue weighted by Crippen LogP contribution is 2.41. The summed E-state index contributed by atoms with van der Waals surface area (Å²) < 4.78 is 0. The van der Waals surface area contributed by atoms with Gasteiger partial charge in [0.1, 0.15) is 0 Å². The summed E-state index contributed by atoms with van der Waals surface area (Å²) in [7, 11) is 0. The molecule has 5 heteroatoms. The maximum atomic E-state index is 11.8. The number of anilines is 1. The van der Waals surface area contributed by atoms with Crippen LogP contribution >= 0.6 is 0 Å². The Morgan fingerprint density at radius 1 is 1.38 bits per heavy atom. The van der Waals surface area contributed by atoms with Gasteiger partial charge in [-0.15, -0.1) is 0 Å². The number of benzene rings is 1. The maximum Gasteiger partial charge on any atom is 0.311 e. The molecule has 0 bridgehead atoms. The Bertz CT molecular complexity index is 681. The van der Waals surface area contributed by atoms with Crippen molar-refractivity contribution in [3.8, 4) is 0 Å². The van der Waals surface area contributed by atoms with Crippen molar-refractivity contribution in [2.45, 2.75) is 20.3 Å². The number of aliphatic carboxylic acids is 1. The zero-order valence-corrected chi connectivity index (χ0v) is 12.3. The SMILES string of the molecule is CC(C)C1(C(=O)O)CCN(c2cnnc3ccccc23)C1. The van der Waals surface area contributed by atoms with Crippen molar-refractivity contribution in [3.63, 3.8) is 0 Å². The molecule has 1 aliphatic rings. The van der Waals surface area contributed by atoms with E-state index in [4.69, 9.17) is 0 Å². The minimum atomic E-state index is -0.702. The van der Waals surface area contributed by atoms with Crippen molar-refractivity contribution in [3.05, 3.63) is 30.5 Å². The molecule has 1 aromatic carbocycles. The van der Waals surface area contributed by atoms with Gasteiger partial charge >= 0.3 is 5.97 Å². The summed E-state index contributed by atoms with van der Waals surface area (Å²) in [4.78, 5) is 13.9. The third-order valence-corrected chi connectivity index (χ3v) is 4.70. The van der Waals surface area contributed by atoms with E-state index in [0.717, 1.165) is 23.1 Å². The first-order valence-electron chi connectivity index (χ1n) is 7.23. The molecule has 0 amide bonds. The Hall–Kier alpha value is -2.17. The van der Waals surface area contributed by atoms with Gasteiger partial charge in [-0.3, -0.25) is 4.79 Å². The van der Waals surface area contributed by atoms with Gasteiger partial charge in [0.15, 0.2) is 0 Å². The largest absolute Gasteiger partial charge is 0.481 e. The van der Waals surface area contributed by atoms with Crippen LogP contribution in [0.3, 0.4) is 0 Å². The second-order valence-electron chi connectivity index (χ2n) is 6.03. The van der Waals surface area contributed by atoms with Gasteiger partial charge < -0.3 is 10.0 Å². The minimum absolute atomic E-state index is 0.0982. The normalized spacial score (nSPS) is 22.1. The summed E-state index contributed by atoms with van der Waals surface area (Å²) in [6, 6.07) is 7.83. The van der Waals surface area contributed by atoms with E-state index in [-0.39, 0.29) is 5.92 Å². The van der Waals surface area contributed by atoms with E-state index in [9.17, 15) is 9.90 Å². The van der Waals surface area contributed by atoms with Crippen LogP contribution in [0.25, 0.3) is 10.9 Å². The molecule has 0 aliphatic carbocycles. The highest BCUT2D eigenvalue weighted by Gasteiger charge is 2.47. The van der Waals surface area contributed by atoms with Gasteiger partial charge in [0.05, 0.1) is 22.8 Å². The zero-order valence-electron chi connectivity index (χ0n) is 12.3. The molecule has 1 aromatic heterocycles. The van der Waals surface area contributed by atoms with Gasteiger partial charge in [0.25, 0.3) is 0 Å². The number of nitrogens with zero attached hydrogens (tertiary/aromatic N) is 3. The van der Waals surface area contributed by atoms with Crippen LogP contribution in [-0.4, -0.2) is 34.4 Å². The molecular formula is C16H19N3O2. The van der Waals surface area contributed by atoms with Crippen molar-refractivity contribution in [1.82, 2.24) is 10.2 Å². The first kappa shape index (κ1) is 13.8. The van der Waals surface area contributed by atoms with E-state index < -0.39 is 11.4 Å². The van der Waals surface area contributed by atoms with Crippen LogP contribution in [0.5, 0.6) is 0 Å². The number of carbonyl (C=O) groups is 1. The van der Waals surface area contributed by atoms with E-state index in [1.165, 1.54) is 0 Å². The fraction of sp³-hybridized carbons (Fsp3) is 0.438. The predicted octanol–water partition coefficient (Wildman–Crippen LogP) is 2.57. The summed E-state index contributed by atoms with van der Waals surface area (Å²) in [5.41, 5.74) is 1.14. The first-order valence-corrected chi connectivity index (χ1v) is 7.23. The molecule has 1 saturated heterocycles. The Kier molecular flexibility index (Phi) is 3.27. The zero-order chi connectivity index (χ0) is 15.0. The van der Waals surface area contributed by atoms with Crippen LogP contribution in [0.2, 0.25) is 0 Å². The summed E-state index contributed by atoms with van der Waals surface area (Å²) in [6.45, 7) is 5.23. The lowest BCUT2D eigenvalue weighted by atomic mass is 9.76. The second kappa shape index (κ2) is 4.98. The number of aromatic nitrogens is 2. The average molecular weight is 285 g/mol. The van der Waals surface area contributed by atoms with E-state index in [0.29, 0.717) is 13.0 Å². The average Bonchev–Trinajstić information content (AvgIpc) is 2.93. The standard InChI is InChI=1S/C16H19N3O2/c1-11(2)16(15(20)21)7-8-19(10-16)14-9-17-18-13-6-4-3-5-12(13)14/h3-6,9,11H,7-8,10H2,1-2H3,(H,20,21). The van der Waals surface area contributed by atoms with Crippen LogP contribution < -0.4 is 4.90 Å². The molecule has 1 atom stereocenters. The Balaban J connectivity index is 2.00. The van der Waals surface area contributed by atoms with Crippen LogP contribution in [0.4, 0.5) is 5.69 Å². The number of hydrogen-bond donors (Lipinski definition) is 1. The highest BCUT2D eigenvalue weighted by molar-refractivity contribution is 5.91. The van der Waals surface area contributed by atoms with Crippen molar-refractivity contribution < 1.29 is 9.90 Å². The lowest BCUT2D eigenvalue weighted by Gasteiger charge is -2.29. The van der Waals surface area contributed by atoms with Crippen molar-refractivity contribution in [1.29, 1.82) is 0 Å². The van der Waals surface area contributed by atoms with Crippen molar-refractivity contribution in [2.24, 2.45) is 11.3 Å². The minimum Gasteiger partial charge on any atom is -0.481 e. The van der Waals surface area contributed by atoms with Crippen molar-refractivity contribution >= 4 is 22.6 Å². The Morgan fingerprint density at radius 3 is 2.81 bits per heavy atom. The molecule has 0 spiro atoms. The molecule has 110 valence electrons. The number of fused-ring (bicyclic) bond motifs is 1. The Morgan fingerprint density at radius 2 is 2.14 bits per heavy atom. The van der Waals surface area contributed by atoms with Crippen molar-refractivity contribution in [2.75, 3.05) is 18.0 Å². The molecule has 1 unspecified atom stereocenters. The molecule has 2 heterocycles. The summed E-state index contributed by atoms with van der Waals surface area (Å²) in [5, 5.41) is 18.9. The molecular weight excluding hydrogens is 266 g/mol. The summed E-state index contributed by atoms with van der Waals surface area (Å²) >= 11 is 0. The molecule has 21 heavy (non-hydrogen) atoms. The van der Waals surface area contributed by atoms with Gasteiger partial charge in [-0.1, -0.05) is 32.0 Å². The predicted molar refractivity (Wildman–Crippen MR) is 81.3 cm³/mol. The van der Waals surface area contributed by atoms with Gasteiger partial charge in [-0.25, -0.2) is 0 Å². The molecule has 2 aromatic rings. The van der Waals surface area contributed by atoms with E-state index >= 15 is 0 Å². The Labute approximate surface area is 123 Å². The number of rotatable bonds is 3. The van der Waals surface area contributed by atoms with Crippen LogP contribution in [0.15, 0.2) is 30.5 Å². The molecule has 1 fully saturated rings. The van der Waals surface area contributed by atoms with E-state index in [1.54, 1.807) is 6.20 Å². The lowest BCUT2D eigenvalue weighted by Crippen LogP contribution is -2.39. The molecule has 0 saturated carbocycles. The molecule has 1 aliphatic heterocycles. The number of carboxylic acids is 1. The third-order valence-electron chi connectivity index (χ3n) is 4.70. The second-order valence-corrected chi connectivity index (χ2v) is 6.03. The van der Waals surface area contributed by atoms with Gasteiger partial charge in [0, 0.05) is 18.5 Å². The monoisotopic (exact) mass is 285 g/mol. The fourth-order valence-corrected chi connectivity index (χ4v) is 3.18. The number of hydrogen-bond acceptors (Lipinski definition) is 4. The number of carboxylic acid groups (broad SMARTS) is 1. The summed E-state index contributed by atoms with van der Waals surface area (Å²) in [6.07, 6.45) is 2.40. The summed E-state index contributed by atoms with van der Waals surface area (Å²) in [5.74, 6) is -0.604. The van der Waals surface area contributed by atoms with Gasteiger partial charge in [-0.2, -0.15) is 10.2 Å². The van der Waals surface area contributed by atoms with Gasteiger partial charge in [0.2, 0.25) is 0 Å². The van der Waals surface area contributed by atoms with Crippen LogP contribution in [-0.2, 0) is 4.79 Å². The topological polar surface area (TPSA) is 66.3 Å². The van der Waals surface area contributed by atoms with E-state index in [1.807, 2.05) is 38.1 Å². The molecule has 0 radical (unpaired) electrons. The third kappa shape index (κ3) is 2.13. The fourth-order valence-electron chi connectivity index (χ4n) is 3.18. The van der Waals surface area contributed by atoms with E-state index in [2.05, 4.69) is 15.1 Å². The van der Waals surface area contributed by atoms with Crippen LogP contribution in [0, 0.1) is 11.3 Å². The quantitative estimate of drug-likeness (QED) is 0.938. The first-order chi connectivity index (χ1) is 10.0. The molecule has 3 rings (SSSR count). The highest BCUT2D eigenvalue weighted by atomic mass is 16.4. The maximum absolute atomic E-state index is 11.8. The van der Waals surface area contributed by atoms with Crippen LogP contribution in [0.1, 0.15) is 20.3 Å². The molecule has 1 N–H and O–H groups in total. The smallest absolute Gasteiger partial charge is 0.311 e. The van der Waals surface area contributed by atoms with Gasteiger partial charge in [-0.05, 0) is 18.4 Å². The molecule has 5 nitrogen and oxygen atoms in total.